The molecule has 194 valence electrons. The van der Waals surface area contributed by atoms with E-state index in [1.165, 1.54) is 24.4 Å². The number of hydrogen-bond donors (Lipinski definition) is 1. The fraction of sp³-hybridized carbons (Fsp3) is 0.259. The molecular formula is C27H24F2N6O2S. The number of aryl methyl sites for hydroxylation is 1. The molecule has 5 rings (SSSR count). The maximum absolute atomic E-state index is 15.6. The smallest absolute Gasteiger partial charge is 0.246 e. The van der Waals surface area contributed by atoms with Crippen LogP contribution in [0, 0.1) is 23.0 Å². The van der Waals surface area contributed by atoms with Gasteiger partial charge in [0.2, 0.25) is 5.91 Å². The van der Waals surface area contributed by atoms with Crippen molar-refractivity contribution in [3.63, 3.8) is 0 Å². The first-order chi connectivity index (χ1) is 18.3. The van der Waals surface area contributed by atoms with Crippen molar-refractivity contribution in [2.45, 2.75) is 19.0 Å². The number of nitrogen functional groups attached to an aromatic ring is 1. The summed E-state index contributed by atoms with van der Waals surface area (Å²) in [5.74, 6) is -1.36. The van der Waals surface area contributed by atoms with Crippen LogP contribution >= 0.6 is 11.3 Å². The quantitative estimate of drug-likeness (QED) is 0.294. The number of aldehydes is 1. The topological polar surface area (TPSA) is 108 Å². The number of amides is 1. The van der Waals surface area contributed by atoms with Gasteiger partial charge in [-0.3, -0.25) is 19.2 Å². The number of nitrogens with two attached hydrogens (primary N) is 1. The first kappa shape index (κ1) is 25.5. The van der Waals surface area contributed by atoms with Gasteiger partial charge in [-0.1, -0.05) is 12.6 Å². The summed E-state index contributed by atoms with van der Waals surface area (Å²) in [5, 5.41) is 14.9. The van der Waals surface area contributed by atoms with Gasteiger partial charge in [0, 0.05) is 54.1 Å². The van der Waals surface area contributed by atoms with E-state index in [2.05, 4.69) is 16.6 Å². The number of likely N-dealkylation sites (N-methyl/N-ethyl adjacent to an activating group) is 1. The highest BCUT2D eigenvalue weighted by atomic mass is 32.1. The van der Waals surface area contributed by atoms with E-state index in [1.807, 2.05) is 13.1 Å². The number of carbonyl (C=O) groups excluding carboxylic acids is 2. The summed E-state index contributed by atoms with van der Waals surface area (Å²) in [6, 6.07) is 5.83. The summed E-state index contributed by atoms with van der Waals surface area (Å²) < 4.78 is 32.0. The van der Waals surface area contributed by atoms with Crippen LogP contribution in [0.5, 0.6) is 0 Å². The van der Waals surface area contributed by atoms with E-state index in [0.29, 0.717) is 55.4 Å². The molecular weight excluding hydrogens is 510 g/mol. The molecule has 1 atom stereocenters. The van der Waals surface area contributed by atoms with Gasteiger partial charge in [0.1, 0.15) is 22.7 Å². The van der Waals surface area contributed by atoms with E-state index in [-0.39, 0.29) is 43.7 Å². The molecule has 1 amide bonds. The Labute approximate surface area is 221 Å². The Balaban J connectivity index is 1.59. The molecule has 1 saturated heterocycles. The number of halogens is 2. The Morgan fingerprint density at radius 2 is 2.13 bits per heavy atom. The number of hydrogen-bond acceptors (Lipinski definition) is 7. The van der Waals surface area contributed by atoms with Crippen molar-refractivity contribution in [3.8, 4) is 17.2 Å². The van der Waals surface area contributed by atoms with Gasteiger partial charge in [-0.05, 0) is 37.2 Å². The number of carbonyl (C=O) groups is 2. The van der Waals surface area contributed by atoms with E-state index in [0.717, 1.165) is 17.4 Å². The second-order valence-corrected chi connectivity index (χ2v) is 10.3. The number of aromatic nitrogens is 2. The summed E-state index contributed by atoms with van der Waals surface area (Å²) >= 11 is 0.933. The number of rotatable bonds is 6. The van der Waals surface area contributed by atoms with Gasteiger partial charge in [-0.2, -0.15) is 10.4 Å². The van der Waals surface area contributed by atoms with Crippen LogP contribution in [-0.2, 0) is 11.3 Å². The average Bonchev–Trinajstić information content (AvgIpc) is 3.49. The molecule has 3 heterocycles. The highest BCUT2D eigenvalue weighted by molar-refractivity contribution is 7.23. The van der Waals surface area contributed by atoms with E-state index >= 15 is 4.39 Å². The first-order valence-corrected chi connectivity index (χ1v) is 12.8. The second kappa shape index (κ2) is 9.96. The lowest BCUT2D eigenvalue weighted by atomic mass is 9.94. The van der Waals surface area contributed by atoms with Gasteiger partial charge < -0.3 is 10.6 Å². The maximum atomic E-state index is 15.6. The summed E-state index contributed by atoms with van der Waals surface area (Å²) in [4.78, 5) is 28.0. The van der Waals surface area contributed by atoms with Crippen molar-refractivity contribution >= 4 is 49.5 Å². The predicted molar refractivity (Wildman–Crippen MR) is 143 cm³/mol. The van der Waals surface area contributed by atoms with Crippen LogP contribution in [0.25, 0.3) is 32.1 Å². The molecule has 2 aromatic heterocycles. The zero-order valence-corrected chi connectivity index (χ0v) is 21.4. The molecule has 8 nitrogen and oxygen atoms in total. The van der Waals surface area contributed by atoms with Crippen LogP contribution in [0.1, 0.15) is 22.3 Å². The number of fused-ring (bicyclic) bond motifs is 2. The van der Waals surface area contributed by atoms with E-state index in [1.54, 1.807) is 9.58 Å². The Morgan fingerprint density at radius 1 is 1.34 bits per heavy atom. The van der Waals surface area contributed by atoms with Crippen LogP contribution < -0.4 is 5.73 Å². The molecule has 1 fully saturated rings. The minimum absolute atomic E-state index is 0.0511. The number of anilines is 1. The molecule has 0 bridgehead atoms. The lowest BCUT2D eigenvalue weighted by molar-refractivity contribution is -0.128. The third kappa shape index (κ3) is 4.12. The molecule has 1 aliphatic heterocycles. The summed E-state index contributed by atoms with van der Waals surface area (Å²) in [7, 11) is 1.99. The average molecular weight is 535 g/mol. The summed E-state index contributed by atoms with van der Waals surface area (Å²) in [5.41, 5.74) is 7.05. The third-order valence-corrected chi connectivity index (χ3v) is 8.19. The lowest BCUT2D eigenvalue weighted by Gasteiger charge is -2.39. The van der Waals surface area contributed by atoms with Crippen LogP contribution in [0.2, 0.25) is 0 Å². The van der Waals surface area contributed by atoms with Gasteiger partial charge in [-0.25, -0.2) is 8.78 Å². The molecule has 0 radical (unpaired) electrons. The van der Waals surface area contributed by atoms with E-state index in [4.69, 9.17) is 5.73 Å². The molecule has 4 aromatic rings. The summed E-state index contributed by atoms with van der Waals surface area (Å²) in [6.45, 7) is 5.84. The Morgan fingerprint density at radius 3 is 2.84 bits per heavy atom. The minimum atomic E-state index is -0.689. The highest BCUT2D eigenvalue weighted by Gasteiger charge is 2.27. The molecule has 0 spiro atoms. The Hall–Kier alpha value is -4.14. The van der Waals surface area contributed by atoms with Crippen LogP contribution in [-0.4, -0.2) is 64.5 Å². The van der Waals surface area contributed by atoms with Crippen LogP contribution in [0.4, 0.5) is 13.8 Å². The van der Waals surface area contributed by atoms with Crippen LogP contribution in [0.3, 0.4) is 0 Å². The monoisotopic (exact) mass is 534 g/mol. The lowest BCUT2D eigenvalue weighted by Crippen LogP contribution is -2.53. The molecule has 1 aliphatic rings. The van der Waals surface area contributed by atoms with E-state index < -0.39 is 11.6 Å². The van der Waals surface area contributed by atoms with Crippen molar-refractivity contribution in [1.29, 1.82) is 5.26 Å². The second-order valence-electron chi connectivity index (χ2n) is 9.23. The SMILES string of the molecule is C=CC(=O)N1CCN(C)C(CCn2ncc3c(-c4ccc(F)c5sc(N)c(C#N)c45)c(F)cc(C=O)c32)C1. The number of thiophene rings is 1. The van der Waals surface area contributed by atoms with Crippen LogP contribution in [0.15, 0.2) is 37.1 Å². The fourth-order valence-corrected chi connectivity index (χ4v) is 6.13. The van der Waals surface area contributed by atoms with Crippen molar-refractivity contribution in [2.75, 3.05) is 32.4 Å². The standard InChI is InChI=1S/C27H24F2N6O2S/c1-3-22(37)34-9-8-33(2)16(13-34)6-7-35-25-15(14-36)10-21(29)23(19(25)12-32-35)17-4-5-20(28)26-24(17)18(11-30)27(31)38-26/h3-5,10,12,14,16H,1,6-9,13,31H2,2H3. The van der Waals surface area contributed by atoms with Gasteiger partial charge >= 0.3 is 0 Å². The normalized spacial score (nSPS) is 16.2. The third-order valence-electron chi connectivity index (χ3n) is 7.17. The van der Waals surface area contributed by atoms with Gasteiger partial charge in [0.25, 0.3) is 0 Å². The molecule has 2 aromatic carbocycles. The number of benzene rings is 2. The minimum Gasteiger partial charge on any atom is -0.389 e. The zero-order chi connectivity index (χ0) is 27.1. The van der Waals surface area contributed by atoms with Gasteiger partial charge in [0.15, 0.2) is 6.29 Å². The molecule has 38 heavy (non-hydrogen) atoms. The predicted octanol–water partition coefficient (Wildman–Crippen LogP) is 4.18. The highest BCUT2D eigenvalue weighted by Crippen LogP contribution is 2.44. The maximum Gasteiger partial charge on any atom is 0.246 e. The summed E-state index contributed by atoms with van der Waals surface area (Å²) in [6.07, 6.45) is 3.99. The fourth-order valence-electron chi connectivity index (χ4n) is 5.18. The van der Waals surface area contributed by atoms with Crippen molar-refractivity contribution in [2.24, 2.45) is 0 Å². The van der Waals surface area contributed by atoms with Crippen molar-refractivity contribution < 1.29 is 18.4 Å². The number of piperazine rings is 1. The zero-order valence-electron chi connectivity index (χ0n) is 20.6. The van der Waals surface area contributed by atoms with Crippen molar-refractivity contribution in [3.05, 3.63) is 59.8 Å². The Bertz CT molecular complexity index is 1650. The molecule has 1 unspecified atom stereocenters. The number of nitrogens with zero attached hydrogens (tertiary/aromatic N) is 5. The Kier molecular flexibility index (Phi) is 6.69. The molecule has 11 heteroatoms. The molecule has 0 saturated carbocycles. The van der Waals surface area contributed by atoms with E-state index in [9.17, 15) is 19.2 Å². The molecule has 0 aliphatic carbocycles. The van der Waals surface area contributed by atoms with Crippen molar-refractivity contribution in [1.82, 2.24) is 19.6 Å². The number of nitriles is 1. The molecule has 2 N–H and O–H groups in total. The largest absolute Gasteiger partial charge is 0.389 e. The first-order valence-electron chi connectivity index (χ1n) is 11.9. The van der Waals surface area contributed by atoms with Gasteiger partial charge in [-0.15, -0.1) is 11.3 Å². The van der Waals surface area contributed by atoms with Gasteiger partial charge in [0.05, 0.1) is 22.0 Å².